The molecular formula is C26H26BrFN4O5S. The van der Waals surface area contributed by atoms with Crippen LogP contribution in [-0.4, -0.2) is 71.2 Å². The quantitative estimate of drug-likeness (QED) is 0.440. The van der Waals surface area contributed by atoms with Crippen LogP contribution in [0.15, 0.2) is 50.5 Å². The number of piperidine rings is 1. The largest absolute Gasteiger partial charge is 0.481 e. The van der Waals surface area contributed by atoms with E-state index in [0.29, 0.717) is 51.9 Å². The van der Waals surface area contributed by atoms with E-state index in [4.69, 9.17) is 14.5 Å². The molecule has 5 unspecified atom stereocenters. The summed E-state index contributed by atoms with van der Waals surface area (Å²) in [7, 11) is 0. The van der Waals surface area contributed by atoms with E-state index in [-0.39, 0.29) is 36.4 Å². The number of rotatable bonds is 8. The van der Waals surface area contributed by atoms with Gasteiger partial charge in [-0.2, -0.15) is 0 Å². The molecule has 0 bridgehead atoms. The van der Waals surface area contributed by atoms with Gasteiger partial charge in [-0.15, -0.1) is 11.3 Å². The Morgan fingerprint density at radius 2 is 2.24 bits per heavy atom. The van der Waals surface area contributed by atoms with E-state index in [2.05, 4.69) is 31.1 Å². The molecule has 0 amide bonds. The van der Waals surface area contributed by atoms with Crippen molar-refractivity contribution < 1.29 is 28.6 Å². The van der Waals surface area contributed by atoms with Crippen molar-refractivity contribution in [3.63, 3.8) is 0 Å². The van der Waals surface area contributed by atoms with Gasteiger partial charge in [-0.3, -0.25) is 14.7 Å². The van der Waals surface area contributed by atoms with E-state index in [0.717, 1.165) is 6.42 Å². The lowest BCUT2D eigenvalue weighted by Crippen LogP contribution is -2.80. The van der Waals surface area contributed by atoms with Gasteiger partial charge in [0.2, 0.25) is 0 Å². The van der Waals surface area contributed by atoms with Gasteiger partial charge in [0.1, 0.15) is 11.9 Å². The summed E-state index contributed by atoms with van der Waals surface area (Å²) in [6, 6.07) is 3.83. The average Bonchev–Trinajstić information content (AvgIpc) is 3.55. The molecule has 2 aromatic rings. The van der Waals surface area contributed by atoms with Gasteiger partial charge in [-0.1, -0.05) is 22.0 Å². The Morgan fingerprint density at radius 3 is 2.95 bits per heavy atom. The van der Waals surface area contributed by atoms with Crippen molar-refractivity contribution in [2.45, 2.75) is 37.9 Å². The zero-order valence-electron chi connectivity index (χ0n) is 20.5. The molecule has 38 heavy (non-hydrogen) atoms. The van der Waals surface area contributed by atoms with E-state index in [1.807, 2.05) is 5.38 Å². The highest BCUT2D eigenvalue weighted by Gasteiger charge is 2.73. The number of amidine groups is 1. The van der Waals surface area contributed by atoms with E-state index in [1.165, 1.54) is 23.5 Å². The van der Waals surface area contributed by atoms with Crippen LogP contribution >= 0.6 is 27.3 Å². The van der Waals surface area contributed by atoms with Crippen LogP contribution in [-0.2, 0) is 19.1 Å². The molecule has 0 radical (unpaired) electrons. The van der Waals surface area contributed by atoms with Gasteiger partial charge in [0.15, 0.2) is 10.8 Å². The number of carboxylic acid groups (broad SMARTS) is 1. The number of aromatic nitrogens is 1. The second-order valence-corrected chi connectivity index (χ2v) is 11.7. The Bertz CT molecular complexity index is 1350. The van der Waals surface area contributed by atoms with Crippen LogP contribution in [0.3, 0.4) is 0 Å². The topological polar surface area (TPSA) is 113 Å². The number of ether oxygens (including phenoxy) is 2. The predicted molar refractivity (Wildman–Crippen MR) is 140 cm³/mol. The normalized spacial score (nSPS) is 29.9. The summed E-state index contributed by atoms with van der Waals surface area (Å²) in [6.45, 7) is 3.44. The number of hydrogen-bond donors (Lipinski definition) is 2. The summed E-state index contributed by atoms with van der Waals surface area (Å²) in [5.41, 5.74) is 1.49. The van der Waals surface area contributed by atoms with E-state index in [9.17, 15) is 19.1 Å². The summed E-state index contributed by atoms with van der Waals surface area (Å²) in [6.07, 6.45) is 2.60. The molecule has 200 valence electrons. The van der Waals surface area contributed by atoms with Crippen molar-refractivity contribution in [3.8, 4) is 0 Å². The van der Waals surface area contributed by atoms with Crippen LogP contribution in [0.2, 0.25) is 0 Å². The van der Waals surface area contributed by atoms with Gasteiger partial charge in [-0.05, 0) is 37.0 Å². The number of likely N-dealkylation sites (tertiary alicyclic amines) is 1. The third-order valence-electron chi connectivity index (χ3n) is 8.21. The highest BCUT2D eigenvalue weighted by atomic mass is 79.9. The number of aliphatic imine (C=N–C) groups is 1. The Hall–Kier alpha value is -2.67. The highest BCUT2D eigenvalue weighted by Crippen LogP contribution is 2.65. The molecule has 1 aliphatic carbocycles. The average molecular weight is 605 g/mol. The molecule has 1 spiro atoms. The number of carbonyl (C=O) groups is 2. The van der Waals surface area contributed by atoms with Crippen molar-refractivity contribution in [3.05, 3.63) is 61.9 Å². The number of aliphatic carboxylic acids is 1. The second-order valence-electron chi connectivity index (χ2n) is 9.98. The number of nitrogens with zero attached hydrogens (tertiary/aromatic N) is 3. The zero-order valence-corrected chi connectivity index (χ0v) is 22.9. The molecule has 3 fully saturated rings. The number of halogens is 2. The van der Waals surface area contributed by atoms with E-state index in [1.54, 1.807) is 19.2 Å². The number of nitrogens with one attached hydrogen (secondary N) is 1. The van der Waals surface area contributed by atoms with Crippen LogP contribution in [0.5, 0.6) is 0 Å². The van der Waals surface area contributed by atoms with Gasteiger partial charge in [0.25, 0.3) is 0 Å². The summed E-state index contributed by atoms with van der Waals surface area (Å²) >= 11 is 4.88. The van der Waals surface area contributed by atoms with Crippen molar-refractivity contribution in [1.29, 1.82) is 0 Å². The molecular weight excluding hydrogens is 579 g/mol. The minimum absolute atomic E-state index is 0.0709. The minimum atomic E-state index is -0.787. The summed E-state index contributed by atoms with van der Waals surface area (Å²) in [5, 5.41) is 15.3. The number of carbonyl (C=O) groups excluding carboxylic acids is 1. The first-order chi connectivity index (χ1) is 18.3. The fourth-order valence-electron chi connectivity index (χ4n) is 6.56. The van der Waals surface area contributed by atoms with E-state index >= 15 is 0 Å². The van der Waals surface area contributed by atoms with Crippen molar-refractivity contribution in [2.75, 3.05) is 26.4 Å². The van der Waals surface area contributed by atoms with Crippen LogP contribution in [0, 0.1) is 17.2 Å². The summed E-state index contributed by atoms with van der Waals surface area (Å²) in [4.78, 5) is 36.4. The monoisotopic (exact) mass is 604 g/mol. The number of hydrogen-bond acceptors (Lipinski definition) is 9. The lowest BCUT2D eigenvalue weighted by Gasteiger charge is -2.71. The lowest BCUT2D eigenvalue weighted by atomic mass is 9.46. The molecule has 9 nitrogen and oxygen atoms in total. The molecule has 1 aromatic carbocycles. The molecule has 1 aromatic heterocycles. The molecule has 2 saturated heterocycles. The fourth-order valence-corrected chi connectivity index (χ4v) is 7.72. The van der Waals surface area contributed by atoms with Crippen molar-refractivity contribution in [2.24, 2.45) is 16.3 Å². The van der Waals surface area contributed by atoms with E-state index < -0.39 is 23.8 Å². The minimum Gasteiger partial charge on any atom is -0.481 e. The number of thiazole rings is 1. The van der Waals surface area contributed by atoms with Gasteiger partial charge in [-0.25, -0.2) is 14.2 Å². The smallest absolute Gasteiger partial charge is 0.338 e. The van der Waals surface area contributed by atoms with Gasteiger partial charge >= 0.3 is 11.9 Å². The Labute approximate surface area is 230 Å². The maximum Gasteiger partial charge on any atom is 0.338 e. The molecule has 4 aliphatic rings. The van der Waals surface area contributed by atoms with Gasteiger partial charge in [0.05, 0.1) is 25.4 Å². The Kier molecular flexibility index (Phi) is 6.61. The van der Waals surface area contributed by atoms with Gasteiger partial charge < -0.3 is 19.9 Å². The number of esters is 1. The maximum absolute atomic E-state index is 14.0. The summed E-state index contributed by atoms with van der Waals surface area (Å²) in [5.74, 6) is -1.08. The molecule has 6 rings (SSSR count). The van der Waals surface area contributed by atoms with Crippen LogP contribution in [0.1, 0.15) is 36.4 Å². The molecule has 4 heterocycles. The SMILES string of the molecule is CCOC(=O)C1=C(CN2C3COCC34C(CC(=O)O)CC24)NC(c2nccs2)=NC1c1ccc(F)cc1Br. The van der Waals surface area contributed by atoms with Crippen LogP contribution < -0.4 is 5.32 Å². The Morgan fingerprint density at radius 1 is 1.39 bits per heavy atom. The fraction of sp³-hybridized carbons (Fsp3) is 0.462. The Balaban J connectivity index is 1.39. The second kappa shape index (κ2) is 9.82. The first-order valence-electron chi connectivity index (χ1n) is 12.5. The molecule has 2 N–H and O–H groups in total. The first kappa shape index (κ1) is 25.6. The molecule has 3 aliphatic heterocycles. The molecule has 1 saturated carbocycles. The molecule has 12 heteroatoms. The van der Waals surface area contributed by atoms with Crippen molar-refractivity contribution in [1.82, 2.24) is 15.2 Å². The van der Waals surface area contributed by atoms with Crippen LogP contribution in [0.4, 0.5) is 4.39 Å². The molecule has 5 atom stereocenters. The zero-order chi connectivity index (χ0) is 26.6. The predicted octanol–water partition coefficient (Wildman–Crippen LogP) is 3.52. The van der Waals surface area contributed by atoms with Gasteiger partial charge in [0, 0.05) is 52.2 Å². The van der Waals surface area contributed by atoms with Crippen molar-refractivity contribution >= 4 is 45.0 Å². The summed E-state index contributed by atoms with van der Waals surface area (Å²) < 4.78 is 25.8. The third-order valence-corrected chi connectivity index (χ3v) is 9.68. The first-order valence-corrected chi connectivity index (χ1v) is 14.2. The maximum atomic E-state index is 14.0. The standard InChI is InChI=1S/C26H26BrFN4O5S/c1-2-37-25(35)21-17(10-32-18-7-13(8-20(33)34)26(18)12-36-11-19(26)32)30-23(24-29-5-6-38-24)31-22(21)15-4-3-14(28)9-16(15)27/h3-6,9,13,18-19,22H,2,7-8,10-12H2,1H3,(H,30,31)(H,33,34). The highest BCUT2D eigenvalue weighted by molar-refractivity contribution is 9.10. The lowest BCUT2D eigenvalue weighted by molar-refractivity contribution is -0.222. The third kappa shape index (κ3) is 4.00. The van der Waals surface area contributed by atoms with Crippen LogP contribution in [0.25, 0.3) is 0 Å². The number of carboxylic acids is 1. The number of benzene rings is 1.